The molecule has 0 fully saturated rings. The zero-order valence-electron chi connectivity index (χ0n) is 12.5. The molecule has 2 aromatic carbocycles. The van der Waals surface area contributed by atoms with Crippen molar-refractivity contribution in [2.75, 3.05) is 5.32 Å². The number of amides is 1. The highest BCUT2D eigenvalue weighted by Crippen LogP contribution is 2.28. The van der Waals surface area contributed by atoms with Crippen molar-refractivity contribution < 1.29 is 22.7 Å². The molecule has 0 saturated carbocycles. The lowest BCUT2D eigenvalue weighted by Crippen LogP contribution is -2.18. The molecule has 25 heavy (non-hydrogen) atoms. The van der Waals surface area contributed by atoms with E-state index in [1.807, 2.05) is 0 Å². The highest BCUT2D eigenvalue weighted by molar-refractivity contribution is 6.34. The molecule has 2 rings (SSSR count). The van der Waals surface area contributed by atoms with Crippen LogP contribution in [0.1, 0.15) is 5.56 Å². The smallest absolute Gasteiger partial charge is 0.405 e. The number of nitriles is 1. The minimum Gasteiger partial charge on any atom is -0.405 e. The van der Waals surface area contributed by atoms with Crippen LogP contribution in [0.5, 0.6) is 5.75 Å². The normalized spacial score (nSPS) is 11.6. The van der Waals surface area contributed by atoms with Crippen molar-refractivity contribution in [2.24, 2.45) is 0 Å². The van der Waals surface area contributed by atoms with Crippen LogP contribution in [-0.2, 0) is 4.79 Å². The molecule has 0 radical (unpaired) electrons. The van der Waals surface area contributed by atoms with Crippen LogP contribution in [0.4, 0.5) is 18.9 Å². The highest BCUT2D eigenvalue weighted by Gasteiger charge is 2.31. The third kappa shape index (κ3) is 5.26. The maximum Gasteiger partial charge on any atom is 0.573 e. The summed E-state index contributed by atoms with van der Waals surface area (Å²) in [5.74, 6) is -1.33. The molecule has 4 nitrogen and oxygen atoms in total. The van der Waals surface area contributed by atoms with E-state index in [1.54, 1.807) is 24.3 Å². The second-order valence-corrected chi connectivity index (χ2v) is 5.10. The number of para-hydroxylation sites is 2. The van der Waals surface area contributed by atoms with E-state index in [2.05, 4.69) is 10.1 Å². The number of halogens is 4. The Bertz CT molecular complexity index is 857. The van der Waals surface area contributed by atoms with Crippen LogP contribution in [0.3, 0.4) is 0 Å². The van der Waals surface area contributed by atoms with Crippen LogP contribution >= 0.6 is 11.6 Å². The van der Waals surface area contributed by atoms with Crippen LogP contribution in [0.15, 0.2) is 54.1 Å². The van der Waals surface area contributed by atoms with Gasteiger partial charge in [-0.25, -0.2) is 0 Å². The third-order valence-electron chi connectivity index (χ3n) is 2.93. The number of benzene rings is 2. The van der Waals surface area contributed by atoms with Gasteiger partial charge in [0.25, 0.3) is 5.91 Å². The first kappa shape index (κ1) is 18.4. The summed E-state index contributed by atoms with van der Waals surface area (Å²) in [4.78, 5) is 12.2. The molecule has 1 amide bonds. The summed E-state index contributed by atoms with van der Waals surface area (Å²) in [7, 11) is 0. The van der Waals surface area contributed by atoms with Gasteiger partial charge in [-0.15, -0.1) is 13.2 Å². The second kappa shape index (κ2) is 7.73. The van der Waals surface area contributed by atoms with Gasteiger partial charge in [0.05, 0.1) is 10.7 Å². The number of ether oxygens (including phenoxy) is 1. The van der Waals surface area contributed by atoms with Crippen molar-refractivity contribution in [1.82, 2.24) is 0 Å². The van der Waals surface area contributed by atoms with Gasteiger partial charge in [-0.05, 0) is 24.3 Å². The Labute approximate surface area is 146 Å². The minimum absolute atomic E-state index is 0.0642. The Morgan fingerprint density at radius 3 is 2.44 bits per heavy atom. The zero-order chi connectivity index (χ0) is 18.4. The fraction of sp³-hybridized carbons (Fsp3) is 0.0588. The molecule has 0 bridgehead atoms. The highest BCUT2D eigenvalue weighted by atomic mass is 35.5. The van der Waals surface area contributed by atoms with Crippen LogP contribution in [0, 0.1) is 11.3 Å². The van der Waals surface area contributed by atoms with Gasteiger partial charge in [-0.1, -0.05) is 41.9 Å². The molecule has 0 aliphatic carbocycles. The molecule has 128 valence electrons. The van der Waals surface area contributed by atoms with Crippen LogP contribution in [0.25, 0.3) is 6.08 Å². The van der Waals surface area contributed by atoms with E-state index in [1.165, 1.54) is 24.3 Å². The van der Waals surface area contributed by atoms with E-state index in [4.69, 9.17) is 16.9 Å². The van der Waals surface area contributed by atoms with E-state index < -0.39 is 23.6 Å². The fourth-order valence-corrected chi connectivity index (χ4v) is 2.06. The SMILES string of the molecule is N#C/C(=C\c1ccccc1OC(F)(F)F)C(=O)Nc1ccccc1Cl. The summed E-state index contributed by atoms with van der Waals surface area (Å²) in [6.45, 7) is 0. The first-order valence-corrected chi connectivity index (χ1v) is 7.20. The number of nitrogens with zero attached hydrogens (tertiary/aromatic N) is 1. The van der Waals surface area contributed by atoms with Crippen molar-refractivity contribution in [3.63, 3.8) is 0 Å². The molecule has 2 aromatic rings. The van der Waals surface area contributed by atoms with Crippen molar-refractivity contribution in [2.45, 2.75) is 6.36 Å². The number of carbonyl (C=O) groups is 1. The predicted octanol–water partition coefficient (Wildman–Crippen LogP) is 4.78. The van der Waals surface area contributed by atoms with Gasteiger partial charge < -0.3 is 10.1 Å². The Morgan fingerprint density at radius 2 is 1.80 bits per heavy atom. The summed E-state index contributed by atoms with van der Waals surface area (Å²) in [6, 6.07) is 13.2. The lowest BCUT2D eigenvalue weighted by molar-refractivity contribution is -0.274. The van der Waals surface area contributed by atoms with E-state index in [9.17, 15) is 18.0 Å². The van der Waals surface area contributed by atoms with Crippen molar-refractivity contribution in [3.05, 3.63) is 64.7 Å². The largest absolute Gasteiger partial charge is 0.573 e. The van der Waals surface area contributed by atoms with E-state index in [0.29, 0.717) is 0 Å². The summed E-state index contributed by atoms with van der Waals surface area (Å²) < 4.78 is 41.2. The van der Waals surface area contributed by atoms with Crippen LogP contribution in [-0.4, -0.2) is 12.3 Å². The number of hydrogen-bond donors (Lipinski definition) is 1. The molecule has 0 atom stereocenters. The van der Waals surface area contributed by atoms with E-state index >= 15 is 0 Å². The number of anilines is 1. The molecule has 1 N–H and O–H groups in total. The number of carbonyl (C=O) groups excluding carboxylic acids is 1. The monoisotopic (exact) mass is 366 g/mol. The molecular weight excluding hydrogens is 357 g/mol. The molecule has 0 spiro atoms. The lowest BCUT2D eigenvalue weighted by Gasteiger charge is -2.11. The van der Waals surface area contributed by atoms with E-state index in [-0.39, 0.29) is 16.3 Å². The number of hydrogen-bond acceptors (Lipinski definition) is 3. The van der Waals surface area contributed by atoms with Crippen molar-refractivity contribution in [1.29, 1.82) is 5.26 Å². The summed E-state index contributed by atoms with van der Waals surface area (Å²) in [6.07, 6.45) is -3.89. The summed E-state index contributed by atoms with van der Waals surface area (Å²) in [5, 5.41) is 11.8. The van der Waals surface area contributed by atoms with Gasteiger partial charge in [0.15, 0.2) is 0 Å². The third-order valence-corrected chi connectivity index (χ3v) is 3.26. The standard InChI is InChI=1S/C17H10ClF3N2O2/c18-13-6-2-3-7-14(13)23-16(24)12(10-22)9-11-5-1-4-8-15(11)25-17(19,20)21/h1-9H,(H,23,24)/b12-9+. The number of alkyl halides is 3. The zero-order valence-corrected chi connectivity index (χ0v) is 13.2. The Morgan fingerprint density at radius 1 is 1.16 bits per heavy atom. The van der Waals surface area contributed by atoms with Gasteiger partial charge in [-0.3, -0.25) is 4.79 Å². The fourth-order valence-electron chi connectivity index (χ4n) is 1.87. The lowest BCUT2D eigenvalue weighted by atomic mass is 10.1. The van der Waals surface area contributed by atoms with Crippen molar-refractivity contribution >= 4 is 29.3 Å². The Balaban J connectivity index is 2.30. The molecule has 8 heteroatoms. The number of rotatable bonds is 4. The first-order chi connectivity index (χ1) is 11.8. The maximum atomic E-state index is 12.4. The average Bonchev–Trinajstić information content (AvgIpc) is 2.54. The minimum atomic E-state index is -4.89. The van der Waals surface area contributed by atoms with Gasteiger partial charge in [0.1, 0.15) is 17.4 Å². The summed E-state index contributed by atoms with van der Waals surface area (Å²) >= 11 is 5.91. The Kier molecular flexibility index (Phi) is 5.67. The molecule has 0 heterocycles. The molecular formula is C17H10ClF3N2O2. The number of nitrogens with one attached hydrogen (secondary N) is 1. The van der Waals surface area contributed by atoms with Gasteiger partial charge in [-0.2, -0.15) is 5.26 Å². The quantitative estimate of drug-likeness (QED) is 0.625. The van der Waals surface area contributed by atoms with Gasteiger partial charge >= 0.3 is 6.36 Å². The molecule has 0 saturated heterocycles. The average molecular weight is 367 g/mol. The van der Waals surface area contributed by atoms with Crippen LogP contribution < -0.4 is 10.1 Å². The van der Waals surface area contributed by atoms with Gasteiger partial charge in [0.2, 0.25) is 0 Å². The molecule has 0 unspecified atom stereocenters. The summed E-state index contributed by atoms with van der Waals surface area (Å²) in [5.41, 5.74) is -0.195. The Hall–Kier alpha value is -2.98. The second-order valence-electron chi connectivity index (χ2n) is 4.69. The van der Waals surface area contributed by atoms with Crippen LogP contribution in [0.2, 0.25) is 5.02 Å². The topological polar surface area (TPSA) is 62.1 Å². The first-order valence-electron chi connectivity index (χ1n) is 6.82. The molecule has 0 aromatic heterocycles. The van der Waals surface area contributed by atoms with Crippen molar-refractivity contribution in [3.8, 4) is 11.8 Å². The molecule has 0 aliphatic heterocycles. The predicted molar refractivity (Wildman–Crippen MR) is 86.8 cm³/mol. The molecule has 0 aliphatic rings. The van der Waals surface area contributed by atoms with Gasteiger partial charge in [0, 0.05) is 5.56 Å². The van der Waals surface area contributed by atoms with E-state index in [0.717, 1.165) is 12.1 Å². The maximum absolute atomic E-state index is 12.4.